The Morgan fingerprint density at radius 1 is 1.07 bits per heavy atom. The van der Waals surface area contributed by atoms with Crippen LogP contribution >= 0.6 is 0 Å². The average Bonchev–Trinajstić information content (AvgIpc) is 2.93. The maximum atomic E-state index is 14.0. The summed E-state index contributed by atoms with van der Waals surface area (Å²) in [5.41, 5.74) is 5.48. The van der Waals surface area contributed by atoms with Gasteiger partial charge in [-0.1, -0.05) is 56.4 Å². The summed E-state index contributed by atoms with van der Waals surface area (Å²) in [5.74, 6) is -6.20. The van der Waals surface area contributed by atoms with Gasteiger partial charge in [0.15, 0.2) is 11.4 Å². The van der Waals surface area contributed by atoms with Crippen LogP contribution in [-0.2, 0) is 16.0 Å². The van der Waals surface area contributed by atoms with E-state index in [1.165, 1.54) is 11.6 Å². The van der Waals surface area contributed by atoms with E-state index in [1.807, 2.05) is 18.2 Å². The Kier molecular flexibility index (Phi) is 6.62. The van der Waals surface area contributed by atoms with Gasteiger partial charge in [0, 0.05) is 42.3 Å². The molecule has 7 N–H and O–H groups in total. The first-order chi connectivity index (χ1) is 19.9. The molecule has 42 heavy (non-hydrogen) atoms. The molecule has 5 atom stereocenters. The quantitative estimate of drug-likeness (QED) is 0.293. The highest BCUT2D eigenvalue weighted by Gasteiger charge is 2.59. The van der Waals surface area contributed by atoms with Gasteiger partial charge in [-0.05, 0) is 47.1 Å². The van der Waals surface area contributed by atoms with Crippen molar-refractivity contribution in [3.05, 3.63) is 93.5 Å². The van der Waals surface area contributed by atoms with E-state index in [4.69, 9.17) is 5.73 Å². The molecular formula is C33H34N2O7. The van der Waals surface area contributed by atoms with Gasteiger partial charge < -0.3 is 31.5 Å². The summed E-state index contributed by atoms with van der Waals surface area (Å²) >= 11 is 0. The van der Waals surface area contributed by atoms with E-state index in [1.54, 1.807) is 0 Å². The fraction of sp³-hybridized carbons (Fsp3) is 0.364. The van der Waals surface area contributed by atoms with Crippen molar-refractivity contribution in [2.24, 2.45) is 29.4 Å². The van der Waals surface area contributed by atoms with Gasteiger partial charge in [-0.2, -0.15) is 0 Å². The number of phenols is 1. The van der Waals surface area contributed by atoms with Crippen LogP contribution in [0.5, 0.6) is 5.75 Å². The standard InChI is InChI=1S/C33H34N2O7/c1-15(2)35-14-16-7-8-21(20-6-4-3-5-19(16)20)22-9-10-24(36)27-23(22)12-17-11-18-13-25(37)28(32(34)41)31(40)33(18,42)30(39)26(17)29(27)38/h3-10,15,17-20,35-37,39,42H,11-14H2,1-2H3,(H2,34,41)/t17-,18+,19?,20?,33+/m1/s1. The van der Waals surface area contributed by atoms with Gasteiger partial charge in [0.25, 0.3) is 5.91 Å². The molecule has 0 spiro atoms. The summed E-state index contributed by atoms with van der Waals surface area (Å²) in [6, 6.07) is 3.60. The number of hydrogen-bond acceptors (Lipinski definition) is 8. The second-order valence-corrected chi connectivity index (χ2v) is 12.1. The molecular weight excluding hydrogens is 536 g/mol. The van der Waals surface area contributed by atoms with Crippen LogP contribution in [0, 0.1) is 23.7 Å². The molecule has 0 aliphatic heterocycles. The number of nitrogens with one attached hydrogen (secondary N) is 1. The van der Waals surface area contributed by atoms with Crippen molar-refractivity contribution in [3.63, 3.8) is 0 Å². The van der Waals surface area contributed by atoms with Crippen molar-refractivity contribution in [3.8, 4) is 5.75 Å². The number of amides is 1. The van der Waals surface area contributed by atoms with Crippen LogP contribution < -0.4 is 11.1 Å². The maximum absolute atomic E-state index is 14.0. The van der Waals surface area contributed by atoms with Crippen LogP contribution in [0.15, 0.2) is 76.8 Å². The molecule has 2 unspecified atom stereocenters. The van der Waals surface area contributed by atoms with Crippen molar-refractivity contribution in [2.75, 3.05) is 6.54 Å². The Balaban J connectivity index is 1.45. The first-order valence-corrected chi connectivity index (χ1v) is 14.3. The van der Waals surface area contributed by atoms with Crippen molar-refractivity contribution in [1.82, 2.24) is 5.32 Å². The Hall–Kier alpha value is -4.21. The lowest BCUT2D eigenvalue weighted by Gasteiger charge is -2.46. The van der Waals surface area contributed by atoms with Crippen LogP contribution in [0.25, 0.3) is 5.57 Å². The lowest BCUT2D eigenvalue weighted by atomic mass is 9.59. The van der Waals surface area contributed by atoms with E-state index in [0.717, 1.165) is 17.7 Å². The first kappa shape index (κ1) is 27.9. The molecule has 0 aromatic heterocycles. The molecule has 1 aromatic rings. The molecule has 0 saturated carbocycles. The van der Waals surface area contributed by atoms with Crippen molar-refractivity contribution in [1.29, 1.82) is 0 Å². The summed E-state index contributed by atoms with van der Waals surface area (Å²) in [6.45, 7) is 4.94. The van der Waals surface area contributed by atoms with E-state index in [-0.39, 0.29) is 48.0 Å². The van der Waals surface area contributed by atoms with Gasteiger partial charge >= 0.3 is 0 Å². The third kappa shape index (κ3) is 4.02. The minimum atomic E-state index is -2.58. The number of aliphatic hydroxyl groups excluding tert-OH is 2. The number of allylic oxidation sites excluding steroid dienone is 9. The number of phenolic OH excluding ortho intramolecular Hbond substituents is 1. The molecule has 9 heteroatoms. The number of carbonyl (C=O) groups is 3. The predicted molar refractivity (Wildman–Crippen MR) is 155 cm³/mol. The van der Waals surface area contributed by atoms with E-state index in [0.29, 0.717) is 11.6 Å². The van der Waals surface area contributed by atoms with Crippen LogP contribution in [0.1, 0.15) is 48.2 Å². The summed E-state index contributed by atoms with van der Waals surface area (Å²) in [7, 11) is 0. The second kappa shape index (κ2) is 9.96. The lowest BCUT2D eigenvalue weighted by molar-refractivity contribution is -0.144. The zero-order valence-electron chi connectivity index (χ0n) is 23.4. The highest BCUT2D eigenvalue weighted by molar-refractivity contribution is 6.24. The molecule has 5 aliphatic carbocycles. The summed E-state index contributed by atoms with van der Waals surface area (Å²) in [6.07, 6.45) is 12.6. The normalized spacial score (nSPS) is 30.0. The van der Waals surface area contributed by atoms with Gasteiger partial charge in [0.2, 0.25) is 5.78 Å². The number of hydrogen-bond donors (Lipinski definition) is 6. The first-order valence-electron chi connectivity index (χ1n) is 14.3. The fourth-order valence-electron chi connectivity index (χ4n) is 7.34. The van der Waals surface area contributed by atoms with E-state index in [9.17, 15) is 34.8 Å². The number of Topliss-reactive ketones (excluding diaryl/α,β-unsaturated/α-hetero) is 2. The number of aromatic hydroxyl groups is 1. The number of benzene rings is 1. The summed E-state index contributed by atoms with van der Waals surface area (Å²) in [5, 5.41) is 47.6. The Bertz CT molecular complexity index is 1620. The molecule has 0 saturated heterocycles. The second-order valence-electron chi connectivity index (χ2n) is 12.1. The van der Waals surface area contributed by atoms with Gasteiger partial charge in [-0.15, -0.1) is 0 Å². The topological polar surface area (TPSA) is 170 Å². The molecule has 0 fully saturated rings. The lowest BCUT2D eigenvalue weighted by Crippen LogP contribution is -2.57. The number of fused-ring (bicyclic) bond motifs is 4. The third-order valence-electron chi connectivity index (χ3n) is 9.37. The summed E-state index contributed by atoms with van der Waals surface area (Å²) in [4.78, 5) is 39.1. The number of primary amides is 1. The SMILES string of the molecule is CC(C)NCC1=CC=C(c2ccc(O)c3c2C[C@H]2C[C@H]4CC(O)=C(C(N)=O)C(=O)[C@@]4(O)C(O)=C2C3=O)C2C=CC=CC12. The average molecular weight is 571 g/mol. The van der Waals surface area contributed by atoms with Crippen molar-refractivity contribution in [2.45, 2.75) is 44.8 Å². The van der Waals surface area contributed by atoms with Crippen molar-refractivity contribution >= 4 is 23.0 Å². The van der Waals surface area contributed by atoms with E-state index in [2.05, 4.69) is 43.5 Å². The van der Waals surface area contributed by atoms with Crippen LogP contribution in [-0.4, -0.2) is 56.1 Å². The minimum absolute atomic E-state index is 0.0137. The zero-order chi connectivity index (χ0) is 30.1. The number of nitrogens with two attached hydrogens (primary N) is 1. The summed E-state index contributed by atoms with van der Waals surface area (Å²) < 4.78 is 0. The highest BCUT2D eigenvalue weighted by atomic mass is 16.3. The molecule has 5 aliphatic rings. The molecule has 0 radical (unpaired) electrons. The molecule has 1 aromatic carbocycles. The molecule has 218 valence electrons. The van der Waals surface area contributed by atoms with Crippen LogP contribution in [0.3, 0.4) is 0 Å². The zero-order valence-corrected chi connectivity index (χ0v) is 23.4. The van der Waals surface area contributed by atoms with Crippen LogP contribution in [0.2, 0.25) is 0 Å². The van der Waals surface area contributed by atoms with Gasteiger partial charge in [-0.3, -0.25) is 14.4 Å². The smallest absolute Gasteiger partial charge is 0.255 e. The number of aliphatic hydroxyl groups is 3. The molecule has 0 heterocycles. The molecule has 1 amide bonds. The van der Waals surface area contributed by atoms with E-state index < -0.39 is 52.0 Å². The van der Waals surface area contributed by atoms with Crippen molar-refractivity contribution < 1.29 is 34.8 Å². The fourth-order valence-corrected chi connectivity index (χ4v) is 7.34. The van der Waals surface area contributed by atoms with Gasteiger partial charge in [0.05, 0.1) is 5.56 Å². The van der Waals surface area contributed by atoms with E-state index >= 15 is 0 Å². The van der Waals surface area contributed by atoms with Gasteiger partial charge in [0.1, 0.15) is 22.8 Å². The number of rotatable bonds is 5. The largest absolute Gasteiger partial charge is 0.511 e. The molecule has 0 bridgehead atoms. The van der Waals surface area contributed by atoms with Gasteiger partial charge in [-0.25, -0.2) is 0 Å². The third-order valence-corrected chi connectivity index (χ3v) is 9.37. The Labute approximate surface area is 243 Å². The van der Waals surface area contributed by atoms with Crippen LogP contribution in [0.4, 0.5) is 0 Å². The maximum Gasteiger partial charge on any atom is 0.255 e. The molecule has 9 nitrogen and oxygen atoms in total. The predicted octanol–water partition coefficient (Wildman–Crippen LogP) is 3.26. The number of carbonyl (C=O) groups excluding carboxylic acids is 3. The highest BCUT2D eigenvalue weighted by Crippen LogP contribution is 2.53. The molecule has 6 rings (SSSR count). The Morgan fingerprint density at radius 3 is 2.48 bits per heavy atom. The minimum Gasteiger partial charge on any atom is -0.511 e. The number of ketones is 2. The monoisotopic (exact) mass is 570 g/mol. The Morgan fingerprint density at radius 2 is 1.79 bits per heavy atom.